The van der Waals surface area contributed by atoms with Gasteiger partial charge in [0.05, 0.1) is 22.5 Å². The average Bonchev–Trinajstić information content (AvgIpc) is 2.82. The molecule has 20 heavy (non-hydrogen) atoms. The number of H-pyrrole nitrogens is 1. The molecule has 0 amide bonds. The highest BCUT2D eigenvalue weighted by Crippen LogP contribution is 2.19. The van der Waals surface area contributed by atoms with Gasteiger partial charge >= 0.3 is 0 Å². The Bertz CT molecular complexity index is 631. The highest BCUT2D eigenvalue weighted by Gasteiger charge is 2.16. The third kappa shape index (κ3) is 2.63. The van der Waals surface area contributed by atoms with Gasteiger partial charge in [0.1, 0.15) is 5.82 Å². The zero-order chi connectivity index (χ0) is 14.1. The second-order valence-electron chi connectivity index (χ2n) is 5.22. The summed E-state index contributed by atoms with van der Waals surface area (Å²) in [7, 11) is 2.12. The Hall–Kier alpha value is -1.99. The lowest BCUT2D eigenvalue weighted by Crippen LogP contribution is -2.44. The van der Waals surface area contributed by atoms with Gasteiger partial charge in [-0.3, -0.25) is 15.0 Å². The van der Waals surface area contributed by atoms with Crippen molar-refractivity contribution in [1.29, 1.82) is 0 Å². The van der Waals surface area contributed by atoms with E-state index in [-0.39, 0.29) is 10.6 Å². The van der Waals surface area contributed by atoms with Crippen LogP contribution >= 0.6 is 0 Å². The van der Waals surface area contributed by atoms with E-state index in [1.165, 1.54) is 12.1 Å². The molecule has 7 heteroatoms. The molecule has 3 rings (SSSR count). The van der Waals surface area contributed by atoms with Gasteiger partial charge in [-0.15, -0.1) is 0 Å². The molecule has 1 aliphatic heterocycles. The van der Waals surface area contributed by atoms with Crippen LogP contribution in [0.25, 0.3) is 11.0 Å². The lowest BCUT2D eigenvalue weighted by atomic mass is 10.3. The van der Waals surface area contributed by atoms with Crippen molar-refractivity contribution in [3.63, 3.8) is 0 Å². The lowest BCUT2D eigenvalue weighted by molar-refractivity contribution is -0.384. The summed E-state index contributed by atoms with van der Waals surface area (Å²) in [6, 6.07) is 4.72. The molecule has 1 fully saturated rings. The summed E-state index contributed by atoms with van der Waals surface area (Å²) in [5.41, 5.74) is 1.59. The molecular weight excluding hydrogens is 258 g/mol. The fraction of sp³-hybridized carbons (Fsp3) is 0.462. The minimum atomic E-state index is -0.388. The van der Waals surface area contributed by atoms with Crippen LogP contribution in [0.5, 0.6) is 0 Å². The first-order valence-electron chi connectivity index (χ1n) is 6.66. The van der Waals surface area contributed by atoms with Crippen LogP contribution in [0, 0.1) is 10.1 Å². The number of aromatic amines is 1. The normalized spacial score (nSPS) is 17.6. The maximum atomic E-state index is 10.8. The number of hydrogen-bond acceptors (Lipinski definition) is 5. The number of non-ortho nitro benzene ring substituents is 1. The van der Waals surface area contributed by atoms with Gasteiger partial charge in [0, 0.05) is 38.3 Å². The quantitative estimate of drug-likeness (QED) is 0.673. The second kappa shape index (κ2) is 5.18. The summed E-state index contributed by atoms with van der Waals surface area (Å²) in [6.07, 6.45) is 0. The van der Waals surface area contributed by atoms with E-state index in [0.717, 1.165) is 49.6 Å². The van der Waals surface area contributed by atoms with Gasteiger partial charge in [-0.1, -0.05) is 0 Å². The van der Waals surface area contributed by atoms with Crippen LogP contribution in [0.3, 0.4) is 0 Å². The number of likely N-dealkylation sites (N-methyl/N-ethyl adjacent to an activating group) is 1. The number of nitro benzene ring substituents is 1. The summed E-state index contributed by atoms with van der Waals surface area (Å²) in [5.74, 6) is 0.866. The molecule has 0 atom stereocenters. The van der Waals surface area contributed by atoms with Crippen molar-refractivity contribution in [2.45, 2.75) is 6.54 Å². The van der Waals surface area contributed by atoms with Crippen LogP contribution in [-0.4, -0.2) is 57.9 Å². The lowest BCUT2D eigenvalue weighted by Gasteiger charge is -2.31. The largest absolute Gasteiger partial charge is 0.341 e. The van der Waals surface area contributed by atoms with Crippen LogP contribution in [-0.2, 0) is 6.54 Å². The summed E-state index contributed by atoms with van der Waals surface area (Å²) < 4.78 is 0. The van der Waals surface area contributed by atoms with Crippen molar-refractivity contribution in [1.82, 2.24) is 19.8 Å². The van der Waals surface area contributed by atoms with Gasteiger partial charge in [-0.25, -0.2) is 4.98 Å². The third-order valence-corrected chi connectivity index (χ3v) is 3.69. The second-order valence-corrected chi connectivity index (χ2v) is 5.22. The van der Waals surface area contributed by atoms with Crippen molar-refractivity contribution in [3.05, 3.63) is 34.1 Å². The maximum absolute atomic E-state index is 10.8. The maximum Gasteiger partial charge on any atom is 0.271 e. The van der Waals surface area contributed by atoms with E-state index in [2.05, 4.69) is 26.8 Å². The Morgan fingerprint density at radius 2 is 2.10 bits per heavy atom. The predicted octanol–water partition coefficient (Wildman–Crippen LogP) is 1.22. The van der Waals surface area contributed by atoms with Crippen molar-refractivity contribution in [2.24, 2.45) is 0 Å². The molecule has 2 heterocycles. The van der Waals surface area contributed by atoms with E-state index in [1.807, 2.05) is 0 Å². The van der Waals surface area contributed by atoms with Crippen molar-refractivity contribution < 1.29 is 4.92 Å². The van der Waals surface area contributed by atoms with Crippen LogP contribution < -0.4 is 0 Å². The molecular formula is C13H17N5O2. The number of imidazole rings is 1. The zero-order valence-corrected chi connectivity index (χ0v) is 11.4. The standard InChI is InChI=1S/C13H17N5O2/c1-16-4-6-17(7-5-16)9-13-14-11-3-2-10(18(19)20)8-12(11)15-13/h2-3,8H,4-7,9H2,1H3,(H,14,15). The number of nitro groups is 1. The summed E-state index contributed by atoms with van der Waals surface area (Å²) in [4.78, 5) is 22.7. The highest BCUT2D eigenvalue weighted by atomic mass is 16.6. The number of nitrogens with zero attached hydrogens (tertiary/aromatic N) is 4. The van der Waals surface area contributed by atoms with Crippen molar-refractivity contribution in [3.8, 4) is 0 Å². The van der Waals surface area contributed by atoms with Crippen LogP contribution in [0.2, 0.25) is 0 Å². The molecule has 0 saturated carbocycles. The molecule has 1 aromatic heterocycles. The van der Waals surface area contributed by atoms with Crippen molar-refractivity contribution in [2.75, 3.05) is 33.2 Å². The molecule has 0 bridgehead atoms. The van der Waals surface area contributed by atoms with Gasteiger partial charge < -0.3 is 9.88 Å². The smallest absolute Gasteiger partial charge is 0.271 e. The minimum Gasteiger partial charge on any atom is -0.341 e. The molecule has 1 saturated heterocycles. The number of nitrogens with one attached hydrogen (secondary N) is 1. The van der Waals surface area contributed by atoms with Crippen molar-refractivity contribution >= 4 is 16.7 Å². The van der Waals surface area contributed by atoms with E-state index in [1.54, 1.807) is 6.07 Å². The van der Waals surface area contributed by atoms with Crippen LogP contribution in [0.15, 0.2) is 18.2 Å². The number of benzene rings is 1. The van der Waals surface area contributed by atoms with E-state index >= 15 is 0 Å². The molecule has 0 radical (unpaired) electrons. The van der Waals surface area contributed by atoms with Gasteiger partial charge in [-0.05, 0) is 13.1 Å². The predicted molar refractivity (Wildman–Crippen MR) is 75.5 cm³/mol. The van der Waals surface area contributed by atoms with Gasteiger partial charge in [0.2, 0.25) is 0 Å². The highest BCUT2D eigenvalue weighted by molar-refractivity contribution is 5.77. The van der Waals surface area contributed by atoms with E-state index in [9.17, 15) is 10.1 Å². The molecule has 106 valence electrons. The SMILES string of the molecule is CN1CCN(Cc2nc3ccc([N+](=O)[O-])cc3[nH]2)CC1. The molecule has 1 aromatic carbocycles. The topological polar surface area (TPSA) is 78.3 Å². The average molecular weight is 275 g/mol. The van der Waals surface area contributed by atoms with Gasteiger partial charge in [-0.2, -0.15) is 0 Å². The first kappa shape index (κ1) is 13.0. The number of piperazine rings is 1. The zero-order valence-electron chi connectivity index (χ0n) is 11.4. The van der Waals surface area contributed by atoms with Crippen LogP contribution in [0.1, 0.15) is 5.82 Å². The Balaban J connectivity index is 1.77. The molecule has 0 unspecified atom stereocenters. The molecule has 7 nitrogen and oxygen atoms in total. The van der Waals surface area contributed by atoms with E-state index in [4.69, 9.17) is 0 Å². The molecule has 0 spiro atoms. The summed E-state index contributed by atoms with van der Waals surface area (Å²) in [5, 5.41) is 10.8. The molecule has 1 aliphatic rings. The van der Waals surface area contributed by atoms with Crippen LogP contribution in [0.4, 0.5) is 5.69 Å². The fourth-order valence-electron chi connectivity index (χ4n) is 2.46. The fourth-order valence-corrected chi connectivity index (χ4v) is 2.46. The molecule has 2 aromatic rings. The van der Waals surface area contributed by atoms with Gasteiger partial charge in [0.15, 0.2) is 0 Å². The Morgan fingerprint density at radius 1 is 1.35 bits per heavy atom. The minimum absolute atomic E-state index is 0.0901. The first-order valence-corrected chi connectivity index (χ1v) is 6.66. The first-order chi connectivity index (χ1) is 9.61. The number of fused-ring (bicyclic) bond motifs is 1. The van der Waals surface area contributed by atoms with Gasteiger partial charge in [0.25, 0.3) is 5.69 Å². The van der Waals surface area contributed by atoms with E-state index in [0.29, 0.717) is 0 Å². The summed E-state index contributed by atoms with van der Waals surface area (Å²) >= 11 is 0. The molecule has 1 N–H and O–H groups in total. The third-order valence-electron chi connectivity index (χ3n) is 3.69. The molecule has 0 aliphatic carbocycles. The monoisotopic (exact) mass is 275 g/mol. The summed E-state index contributed by atoms with van der Waals surface area (Å²) in [6.45, 7) is 4.93. The number of hydrogen-bond donors (Lipinski definition) is 1. The Morgan fingerprint density at radius 3 is 2.80 bits per heavy atom. The number of aromatic nitrogens is 2. The number of rotatable bonds is 3. The van der Waals surface area contributed by atoms with E-state index < -0.39 is 0 Å². The Labute approximate surface area is 116 Å². The Kier molecular flexibility index (Phi) is 3.37.